The van der Waals surface area contributed by atoms with Crippen LogP contribution in [0.15, 0.2) is 59.1 Å². The van der Waals surface area contributed by atoms with Gasteiger partial charge in [0.05, 0.1) is 18.2 Å². The van der Waals surface area contributed by atoms with Crippen molar-refractivity contribution in [1.82, 2.24) is 14.8 Å². The lowest BCUT2D eigenvalue weighted by Gasteiger charge is -2.37. The first-order chi connectivity index (χ1) is 13.1. The molecule has 1 aliphatic carbocycles. The SMILES string of the molecule is O=C1C[C@@H](c2ccco2)C=C2Nc3ncnn3[C@H](c3cc(F)cc(F)c3)[C@@H]12. The molecule has 0 unspecified atom stereocenters. The number of anilines is 1. The van der Waals surface area contributed by atoms with Crippen molar-refractivity contribution in [1.29, 1.82) is 0 Å². The number of aromatic nitrogens is 3. The van der Waals surface area contributed by atoms with Crippen LogP contribution in [0.2, 0.25) is 0 Å². The van der Waals surface area contributed by atoms with E-state index < -0.39 is 23.6 Å². The molecule has 3 heterocycles. The molecule has 0 bridgehead atoms. The Bertz CT molecular complexity index is 1040. The molecule has 1 N–H and O–H groups in total. The van der Waals surface area contributed by atoms with E-state index in [0.717, 1.165) is 6.07 Å². The molecule has 0 spiro atoms. The Hall–Kier alpha value is -3.29. The lowest BCUT2D eigenvalue weighted by molar-refractivity contribution is -0.123. The number of hydrogen-bond acceptors (Lipinski definition) is 5. The Morgan fingerprint density at radius 2 is 2.04 bits per heavy atom. The summed E-state index contributed by atoms with van der Waals surface area (Å²) in [5, 5.41) is 7.30. The van der Waals surface area contributed by atoms with Gasteiger partial charge in [-0.2, -0.15) is 10.1 Å². The lowest BCUT2D eigenvalue weighted by Crippen LogP contribution is -2.40. The highest BCUT2D eigenvalue weighted by atomic mass is 19.1. The summed E-state index contributed by atoms with van der Waals surface area (Å²) in [7, 11) is 0. The van der Waals surface area contributed by atoms with Gasteiger partial charge in [-0.05, 0) is 29.8 Å². The fraction of sp³-hybridized carbons (Fsp3) is 0.211. The molecule has 136 valence electrons. The van der Waals surface area contributed by atoms with Crippen molar-refractivity contribution in [2.75, 3.05) is 5.32 Å². The van der Waals surface area contributed by atoms with Gasteiger partial charge in [-0.3, -0.25) is 4.79 Å². The number of halogens is 2. The molecule has 2 aromatic heterocycles. The van der Waals surface area contributed by atoms with E-state index in [9.17, 15) is 13.6 Å². The molecular weight excluding hydrogens is 354 g/mol. The summed E-state index contributed by atoms with van der Waals surface area (Å²) in [6.45, 7) is 0. The van der Waals surface area contributed by atoms with Gasteiger partial charge in [0.2, 0.25) is 5.95 Å². The molecule has 0 saturated heterocycles. The van der Waals surface area contributed by atoms with Gasteiger partial charge in [0.15, 0.2) is 0 Å². The normalized spacial score (nSPS) is 24.0. The van der Waals surface area contributed by atoms with Crippen LogP contribution >= 0.6 is 0 Å². The Labute approximate surface area is 152 Å². The molecule has 5 rings (SSSR count). The molecule has 3 atom stereocenters. The maximum absolute atomic E-state index is 13.8. The molecule has 8 heteroatoms. The van der Waals surface area contributed by atoms with Crippen molar-refractivity contribution < 1.29 is 18.0 Å². The van der Waals surface area contributed by atoms with E-state index in [-0.39, 0.29) is 18.1 Å². The number of hydrogen-bond donors (Lipinski definition) is 1. The van der Waals surface area contributed by atoms with Crippen LogP contribution in [0, 0.1) is 17.6 Å². The number of Topliss-reactive ketones (excluding diaryl/α,β-unsaturated/α-hetero) is 1. The second kappa shape index (κ2) is 5.87. The number of nitrogens with zero attached hydrogens (tertiary/aromatic N) is 3. The molecular formula is C19H14F2N4O2. The Kier molecular flexibility index (Phi) is 3.46. The molecule has 3 aromatic rings. The average molecular weight is 368 g/mol. The summed E-state index contributed by atoms with van der Waals surface area (Å²) < 4.78 is 34.6. The highest BCUT2D eigenvalue weighted by Gasteiger charge is 2.43. The summed E-state index contributed by atoms with van der Waals surface area (Å²) in [4.78, 5) is 17.2. The van der Waals surface area contributed by atoms with Crippen LogP contribution in [0.5, 0.6) is 0 Å². The summed E-state index contributed by atoms with van der Waals surface area (Å²) >= 11 is 0. The predicted octanol–water partition coefficient (Wildman–Crippen LogP) is 3.42. The van der Waals surface area contributed by atoms with E-state index in [2.05, 4.69) is 15.4 Å². The molecule has 0 radical (unpaired) electrons. The van der Waals surface area contributed by atoms with Crippen molar-refractivity contribution in [2.24, 2.45) is 5.92 Å². The quantitative estimate of drug-likeness (QED) is 0.750. The van der Waals surface area contributed by atoms with Gasteiger partial charge in [-0.25, -0.2) is 13.5 Å². The standard InChI is InChI=1S/C19H14F2N4O2/c20-12-4-11(5-13(21)8-12)18-17-14(24-19-22-9-23-25(18)19)6-10(7-15(17)26)16-2-1-3-27-16/h1-6,8-10,17-18H,7H2,(H,22,23,24)/t10-,17+,18+/m0/s1. The Balaban J connectivity index is 1.65. The maximum atomic E-state index is 13.8. The summed E-state index contributed by atoms with van der Waals surface area (Å²) in [6.07, 6.45) is 5.07. The van der Waals surface area contributed by atoms with Gasteiger partial charge in [-0.15, -0.1) is 0 Å². The van der Waals surface area contributed by atoms with E-state index >= 15 is 0 Å². The van der Waals surface area contributed by atoms with Crippen LogP contribution in [0.25, 0.3) is 0 Å². The van der Waals surface area contributed by atoms with Crippen LogP contribution in [-0.2, 0) is 4.79 Å². The molecule has 27 heavy (non-hydrogen) atoms. The van der Waals surface area contributed by atoms with Gasteiger partial charge in [0.1, 0.15) is 29.5 Å². The van der Waals surface area contributed by atoms with E-state index in [1.54, 1.807) is 12.3 Å². The minimum atomic E-state index is -0.701. The second-order valence-corrected chi connectivity index (χ2v) is 6.69. The summed E-state index contributed by atoms with van der Waals surface area (Å²) in [5.74, 6) is -1.19. The zero-order chi connectivity index (χ0) is 18.5. The lowest BCUT2D eigenvalue weighted by atomic mass is 9.77. The van der Waals surface area contributed by atoms with Crippen LogP contribution < -0.4 is 5.32 Å². The van der Waals surface area contributed by atoms with E-state index in [1.807, 2.05) is 12.1 Å². The minimum Gasteiger partial charge on any atom is -0.469 e. The van der Waals surface area contributed by atoms with Crippen LogP contribution in [0.3, 0.4) is 0 Å². The number of carbonyl (C=O) groups excluding carboxylic acids is 1. The number of benzene rings is 1. The van der Waals surface area contributed by atoms with Gasteiger partial charge in [-0.1, -0.05) is 6.08 Å². The maximum Gasteiger partial charge on any atom is 0.226 e. The van der Waals surface area contributed by atoms with Crippen LogP contribution in [0.4, 0.5) is 14.7 Å². The Morgan fingerprint density at radius 1 is 1.22 bits per heavy atom. The van der Waals surface area contributed by atoms with Crippen molar-refractivity contribution in [3.05, 3.63) is 77.7 Å². The number of nitrogens with one attached hydrogen (secondary N) is 1. The fourth-order valence-electron chi connectivity index (χ4n) is 3.94. The van der Waals surface area contributed by atoms with Crippen molar-refractivity contribution in [3.8, 4) is 0 Å². The van der Waals surface area contributed by atoms with Crippen molar-refractivity contribution in [2.45, 2.75) is 18.4 Å². The third kappa shape index (κ3) is 2.56. The second-order valence-electron chi connectivity index (χ2n) is 6.69. The molecule has 0 fully saturated rings. The first kappa shape index (κ1) is 15.9. The van der Waals surface area contributed by atoms with E-state index in [4.69, 9.17) is 4.42 Å². The third-order valence-electron chi connectivity index (χ3n) is 5.03. The number of carbonyl (C=O) groups is 1. The zero-order valence-electron chi connectivity index (χ0n) is 14.0. The average Bonchev–Trinajstić information content (AvgIpc) is 3.30. The molecule has 0 amide bonds. The number of furan rings is 1. The van der Waals surface area contributed by atoms with Gasteiger partial charge in [0.25, 0.3) is 0 Å². The first-order valence-electron chi connectivity index (χ1n) is 8.50. The third-order valence-corrected chi connectivity index (χ3v) is 5.03. The number of rotatable bonds is 2. The Morgan fingerprint density at radius 3 is 2.78 bits per heavy atom. The van der Waals surface area contributed by atoms with Crippen LogP contribution in [0.1, 0.15) is 29.7 Å². The molecule has 1 aromatic carbocycles. The van der Waals surface area contributed by atoms with Crippen molar-refractivity contribution >= 4 is 11.7 Å². The number of ketones is 1. The summed E-state index contributed by atoms with van der Waals surface area (Å²) in [6, 6.07) is 6.18. The molecule has 1 aliphatic heterocycles. The molecule has 2 aliphatic rings. The minimum absolute atomic E-state index is 0.0581. The highest BCUT2D eigenvalue weighted by molar-refractivity contribution is 5.88. The molecule has 0 saturated carbocycles. The number of fused-ring (bicyclic) bond motifs is 2. The van der Waals surface area contributed by atoms with Crippen molar-refractivity contribution in [3.63, 3.8) is 0 Å². The van der Waals surface area contributed by atoms with Gasteiger partial charge in [0, 0.05) is 24.1 Å². The summed E-state index contributed by atoms with van der Waals surface area (Å²) in [5.41, 5.74) is 0.976. The predicted molar refractivity (Wildman–Crippen MR) is 90.8 cm³/mol. The highest BCUT2D eigenvalue weighted by Crippen LogP contribution is 2.44. The van der Waals surface area contributed by atoms with E-state index in [0.29, 0.717) is 23.0 Å². The van der Waals surface area contributed by atoms with E-state index in [1.165, 1.54) is 23.1 Å². The zero-order valence-corrected chi connectivity index (χ0v) is 14.0. The van der Waals surface area contributed by atoms with Crippen LogP contribution in [-0.4, -0.2) is 20.5 Å². The molecule has 6 nitrogen and oxygen atoms in total. The number of allylic oxidation sites excluding steroid dienone is 2. The fourth-order valence-corrected chi connectivity index (χ4v) is 3.94. The smallest absolute Gasteiger partial charge is 0.226 e. The largest absolute Gasteiger partial charge is 0.469 e. The topological polar surface area (TPSA) is 73.0 Å². The van der Waals surface area contributed by atoms with Gasteiger partial charge < -0.3 is 9.73 Å². The first-order valence-corrected chi connectivity index (χ1v) is 8.50. The monoisotopic (exact) mass is 368 g/mol. The van der Waals surface area contributed by atoms with Gasteiger partial charge >= 0.3 is 0 Å².